The van der Waals surface area contributed by atoms with Crippen LogP contribution >= 0.6 is 0 Å². The van der Waals surface area contributed by atoms with E-state index in [4.69, 9.17) is 13.9 Å². The highest BCUT2D eigenvalue weighted by molar-refractivity contribution is 6.02. The number of furan rings is 1. The van der Waals surface area contributed by atoms with Crippen molar-refractivity contribution in [1.82, 2.24) is 0 Å². The molecule has 8 heteroatoms. The molecule has 3 aromatic rings. The molecule has 0 fully saturated rings. The smallest absolute Gasteiger partial charge is 0.449 e. The first-order valence-electron chi connectivity index (χ1n) is 10.3. The summed E-state index contributed by atoms with van der Waals surface area (Å²) >= 11 is 0. The summed E-state index contributed by atoms with van der Waals surface area (Å²) in [4.78, 5) is 15.4. The molecule has 0 saturated heterocycles. The number of benzene rings is 2. The minimum atomic E-state index is -4.55. The number of fused-ring (bicyclic) bond motifs is 5. The van der Waals surface area contributed by atoms with Gasteiger partial charge in [0.15, 0.2) is 5.78 Å². The number of halogens is 3. The lowest BCUT2D eigenvalue weighted by Crippen LogP contribution is -2.50. The molecule has 2 aromatic carbocycles. The Labute approximate surface area is 181 Å². The Morgan fingerprint density at radius 2 is 1.84 bits per heavy atom. The third-order valence-corrected chi connectivity index (χ3v) is 6.50. The van der Waals surface area contributed by atoms with Gasteiger partial charge in [0, 0.05) is 23.7 Å². The van der Waals surface area contributed by atoms with E-state index in [0.717, 1.165) is 40.6 Å². The van der Waals surface area contributed by atoms with Crippen LogP contribution in [0.2, 0.25) is 0 Å². The number of alkyl halides is 3. The third kappa shape index (κ3) is 2.68. The summed E-state index contributed by atoms with van der Waals surface area (Å²) in [5.41, 5.74) is 2.51. The highest BCUT2D eigenvalue weighted by atomic mass is 19.4. The van der Waals surface area contributed by atoms with E-state index in [9.17, 15) is 18.0 Å². The largest absolute Gasteiger partial charge is 0.493 e. The molecular weight excluding hydrogens is 423 g/mol. The van der Waals surface area contributed by atoms with Crippen molar-refractivity contribution in [3.63, 3.8) is 0 Å². The number of carbonyl (C=O) groups excluding carboxylic acids is 1. The number of Topliss-reactive ketones (excluding diaryl/α,β-unsaturated/α-hetero) is 1. The van der Waals surface area contributed by atoms with Gasteiger partial charge in [0.05, 0.1) is 19.7 Å². The van der Waals surface area contributed by atoms with Crippen LogP contribution < -0.4 is 14.4 Å². The van der Waals surface area contributed by atoms with Gasteiger partial charge in [-0.05, 0) is 35.4 Å². The molecule has 0 radical (unpaired) electrons. The lowest BCUT2D eigenvalue weighted by molar-refractivity contribution is -0.153. The summed E-state index contributed by atoms with van der Waals surface area (Å²) in [5.74, 6) is 0.473. The van der Waals surface area contributed by atoms with Crippen LogP contribution in [0.5, 0.6) is 11.5 Å². The molecular formula is C24H18F3NO4. The van der Waals surface area contributed by atoms with Crippen molar-refractivity contribution in [1.29, 1.82) is 0 Å². The maximum absolute atomic E-state index is 13.6. The number of ketones is 1. The SMILES string of the molecule is O=C1CN(Cc2ccc(C(F)(F)F)o2)c2ccccc2[C@@]12COc1cc3c(cc12)CCO3. The van der Waals surface area contributed by atoms with Gasteiger partial charge in [-0.3, -0.25) is 4.79 Å². The predicted octanol–water partition coefficient (Wildman–Crippen LogP) is 4.50. The fraction of sp³-hybridized carbons (Fsp3) is 0.292. The van der Waals surface area contributed by atoms with Crippen LogP contribution in [0.4, 0.5) is 18.9 Å². The summed E-state index contributed by atoms with van der Waals surface area (Å²) in [6.07, 6.45) is -3.77. The second kappa shape index (κ2) is 6.54. The van der Waals surface area contributed by atoms with E-state index in [1.807, 2.05) is 36.4 Å². The number of hydrogen-bond donors (Lipinski definition) is 0. The van der Waals surface area contributed by atoms with Gasteiger partial charge in [0.2, 0.25) is 5.76 Å². The Morgan fingerprint density at radius 1 is 1.00 bits per heavy atom. The van der Waals surface area contributed by atoms with Crippen molar-refractivity contribution in [2.24, 2.45) is 0 Å². The molecule has 6 rings (SSSR count). The number of hydrogen-bond acceptors (Lipinski definition) is 5. The highest BCUT2D eigenvalue weighted by Gasteiger charge is 2.53. The zero-order valence-corrected chi connectivity index (χ0v) is 16.9. The first-order valence-corrected chi connectivity index (χ1v) is 10.3. The quantitative estimate of drug-likeness (QED) is 0.586. The molecule has 0 N–H and O–H groups in total. The van der Waals surface area contributed by atoms with E-state index < -0.39 is 17.4 Å². The van der Waals surface area contributed by atoms with Crippen LogP contribution in [0, 0.1) is 0 Å². The Hall–Kier alpha value is -3.42. The molecule has 3 aliphatic heterocycles. The van der Waals surface area contributed by atoms with Crippen LogP contribution in [0.15, 0.2) is 52.9 Å². The minimum Gasteiger partial charge on any atom is -0.493 e. The van der Waals surface area contributed by atoms with Crippen molar-refractivity contribution in [3.05, 3.63) is 76.7 Å². The number of para-hydroxylation sites is 1. The predicted molar refractivity (Wildman–Crippen MR) is 108 cm³/mol. The number of anilines is 1. The lowest BCUT2D eigenvalue weighted by atomic mass is 9.69. The van der Waals surface area contributed by atoms with Gasteiger partial charge < -0.3 is 18.8 Å². The van der Waals surface area contributed by atoms with Crippen molar-refractivity contribution < 1.29 is 31.9 Å². The first-order chi connectivity index (χ1) is 15.4. The summed E-state index contributed by atoms with van der Waals surface area (Å²) in [6, 6.07) is 13.6. The van der Waals surface area contributed by atoms with Crippen LogP contribution in [-0.2, 0) is 29.4 Å². The van der Waals surface area contributed by atoms with Gasteiger partial charge >= 0.3 is 6.18 Å². The van der Waals surface area contributed by atoms with Crippen LogP contribution in [-0.4, -0.2) is 25.5 Å². The van der Waals surface area contributed by atoms with E-state index in [1.54, 1.807) is 4.90 Å². The number of nitrogens with zero attached hydrogens (tertiary/aromatic N) is 1. The van der Waals surface area contributed by atoms with E-state index in [1.165, 1.54) is 6.07 Å². The Balaban J connectivity index is 1.42. The second-order valence-electron chi connectivity index (χ2n) is 8.31. The van der Waals surface area contributed by atoms with Gasteiger partial charge in [-0.15, -0.1) is 0 Å². The summed E-state index contributed by atoms with van der Waals surface area (Å²) in [6.45, 7) is 0.886. The van der Waals surface area contributed by atoms with Crippen LogP contribution in [0.25, 0.3) is 0 Å². The topological polar surface area (TPSA) is 51.9 Å². The molecule has 1 aromatic heterocycles. The standard InChI is InChI=1S/C24H18F3NO4/c25-24(26,27)22-6-5-15(32-22)11-28-12-21(29)23(16-3-1-2-4-18(16)28)13-31-20-10-19-14(7-8-30-19)9-17(20)23/h1-6,9-10H,7-8,11-13H2/t23-/m1/s1. The fourth-order valence-electron chi connectivity index (χ4n) is 4.98. The fourth-order valence-corrected chi connectivity index (χ4v) is 4.98. The lowest BCUT2D eigenvalue weighted by Gasteiger charge is -2.39. The molecule has 4 heterocycles. The molecule has 5 nitrogen and oxygen atoms in total. The molecule has 0 bridgehead atoms. The summed E-state index contributed by atoms with van der Waals surface area (Å²) in [5, 5.41) is 0. The highest BCUT2D eigenvalue weighted by Crippen LogP contribution is 2.52. The maximum Gasteiger partial charge on any atom is 0.449 e. The minimum absolute atomic E-state index is 0.0372. The Kier molecular flexibility index (Phi) is 3.94. The zero-order chi connectivity index (χ0) is 22.1. The molecule has 1 atom stereocenters. The molecule has 32 heavy (non-hydrogen) atoms. The van der Waals surface area contributed by atoms with Gasteiger partial charge in [0.1, 0.15) is 29.3 Å². The van der Waals surface area contributed by atoms with E-state index in [0.29, 0.717) is 12.4 Å². The van der Waals surface area contributed by atoms with E-state index >= 15 is 0 Å². The molecule has 3 aliphatic rings. The molecule has 0 aliphatic carbocycles. The number of rotatable bonds is 2. The van der Waals surface area contributed by atoms with Crippen LogP contribution in [0.1, 0.15) is 28.2 Å². The third-order valence-electron chi connectivity index (χ3n) is 6.50. The average Bonchev–Trinajstić information content (AvgIpc) is 3.49. The molecule has 0 amide bonds. The van der Waals surface area contributed by atoms with Gasteiger partial charge in [-0.25, -0.2) is 0 Å². The normalized spacial score (nSPS) is 21.2. The van der Waals surface area contributed by atoms with Crippen molar-refractivity contribution in [2.75, 3.05) is 24.7 Å². The number of ether oxygens (including phenoxy) is 2. The Bertz CT molecular complexity index is 1250. The molecule has 1 spiro atoms. The second-order valence-corrected chi connectivity index (χ2v) is 8.31. The van der Waals surface area contributed by atoms with Gasteiger partial charge in [0.25, 0.3) is 0 Å². The Morgan fingerprint density at radius 3 is 2.66 bits per heavy atom. The first kappa shape index (κ1) is 19.3. The van der Waals surface area contributed by atoms with E-state index in [2.05, 4.69) is 0 Å². The van der Waals surface area contributed by atoms with Crippen molar-refractivity contribution in [3.8, 4) is 11.5 Å². The molecule has 0 unspecified atom stereocenters. The zero-order valence-electron chi connectivity index (χ0n) is 16.9. The number of carbonyl (C=O) groups is 1. The monoisotopic (exact) mass is 441 g/mol. The average molecular weight is 441 g/mol. The van der Waals surface area contributed by atoms with Gasteiger partial charge in [-0.1, -0.05) is 18.2 Å². The van der Waals surface area contributed by atoms with Gasteiger partial charge in [-0.2, -0.15) is 13.2 Å². The van der Waals surface area contributed by atoms with Crippen LogP contribution in [0.3, 0.4) is 0 Å². The van der Waals surface area contributed by atoms with Crippen molar-refractivity contribution in [2.45, 2.75) is 24.6 Å². The maximum atomic E-state index is 13.6. The summed E-state index contributed by atoms with van der Waals surface area (Å²) in [7, 11) is 0. The van der Waals surface area contributed by atoms with Crippen molar-refractivity contribution >= 4 is 11.5 Å². The summed E-state index contributed by atoms with van der Waals surface area (Å²) < 4.78 is 55.4. The van der Waals surface area contributed by atoms with E-state index in [-0.39, 0.29) is 31.2 Å². The molecule has 0 saturated carbocycles. The molecule has 164 valence electrons.